The minimum atomic E-state index is -0.230. The van der Waals surface area contributed by atoms with Crippen LogP contribution in [0.1, 0.15) is 20.9 Å². The first-order valence-electron chi connectivity index (χ1n) is 6.54. The maximum absolute atomic E-state index is 12.1. The SMILES string of the molecule is Cc1nn(C)c2sc(C(=O)NOCc3ccccc3)cc12. The van der Waals surface area contributed by atoms with Crippen LogP contribution in [0.3, 0.4) is 0 Å². The lowest BCUT2D eigenvalue weighted by Gasteiger charge is -2.04. The molecule has 0 aliphatic carbocycles. The number of hydroxylamine groups is 1. The van der Waals surface area contributed by atoms with Crippen LogP contribution in [-0.4, -0.2) is 15.7 Å². The molecule has 1 amide bonds. The van der Waals surface area contributed by atoms with E-state index in [0.717, 1.165) is 21.5 Å². The molecule has 1 aromatic carbocycles. The third kappa shape index (κ3) is 2.81. The normalized spacial score (nSPS) is 11.0. The molecule has 0 spiro atoms. The minimum absolute atomic E-state index is 0.230. The third-order valence-electron chi connectivity index (χ3n) is 3.17. The second-order valence-corrected chi connectivity index (χ2v) is 5.77. The van der Waals surface area contributed by atoms with E-state index in [4.69, 9.17) is 4.84 Å². The molecule has 0 radical (unpaired) electrons. The van der Waals surface area contributed by atoms with E-state index in [1.54, 1.807) is 4.68 Å². The molecule has 2 aromatic heterocycles. The molecule has 0 saturated heterocycles. The number of nitrogens with one attached hydrogen (secondary N) is 1. The van der Waals surface area contributed by atoms with Crippen LogP contribution in [0.15, 0.2) is 36.4 Å². The Morgan fingerprint density at radius 2 is 2.14 bits per heavy atom. The Hall–Kier alpha value is -2.18. The molecule has 0 saturated carbocycles. The molecule has 0 atom stereocenters. The Morgan fingerprint density at radius 3 is 2.86 bits per heavy atom. The highest BCUT2D eigenvalue weighted by molar-refractivity contribution is 7.20. The fourth-order valence-corrected chi connectivity index (χ4v) is 3.14. The van der Waals surface area contributed by atoms with Crippen LogP contribution in [-0.2, 0) is 18.5 Å². The monoisotopic (exact) mass is 301 g/mol. The highest BCUT2D eigenvalue weighted by Gasteiger charge is 2.15. The molecule has 3 rings (SSSR count). The summed E-state index contributed by atoms with van der Waals surface area (Å²) in [5, 5.41) is 5.33. The van der Waals surface area contributed by atoms with Gasteiger partial charge in [0.05, 0.1) is 17.2 Å². The molecular formula is C15H15N3O2S. The quantitative estimate of drug-likeness (QED) is 0.754. The number of nitrogens with zero attached hydrogens (tertiary/aromatic N) is 2. The number of amides is 1. The van der Waals surface area contributed by atoms with Gasteiger partial charge >= 0.3 is 0 Å². The van der Waals surface area contributed by atoms with Crippen LogP contribution in [0.25, 0.3) is 10.2 Å². The van der Waals surface area contributed by atoms with Crippen molar-refractivity contribution >= 4 is 27.5 Å². The van der Waals surface area contributed by atoms with E-state index in [-0.39, 0.29) is 5.91 Å². The summed E-state index contributed by atoms with van der Waals surface area (Å²) in [6, 6.07) is 11.5. The highest BCUT2D eigenvalue weighted by Crippen LogP contribution is 2.27. The van der Waals surface area contributed by atoms with E-state index in [1.807, 2.05) is 50.4 Å². The minimum Gasteiger partial charge on any atom is -0.269 e. The lowest BCUT2D eigenvalue weighted by molar-refractivity contribution is 0.0237. The second kappa shape index (κ2) is 5.67. The molecular weight excluding hydrogens is 286 g/mol. The van der Waals surface area contributed by atoms with Gasteiger partial charge in [0.15, 0.2) is 0 Å². The van der Waals surface area contributed by atoms with Crippen molar-refractivity contribution in [3.63, 3.8) is 0 Å². The van der Waals surface area contributed by atoms with Gasteiger partial charge in [-0.3, -0.25) is 14.3 Å². The van der Waals surface area contributed by atoms with Crippen molar-refractivity contribution in [3.8, 4) is 0 Å². The number of thiophene rings is 1. The van der Waals surface area contributed by atoms with Crippen molar-refractivity contribution in [3.05, 3.63) is 52.5 Å². The third-order valence-corrected chi connectivity index (χ3v) is 4.37. The number of hydrogen-bond donors (Lipinski definition) is 1. The zero-order chi connectivity index (χ0) is 14.8. The number of aromatic nitrogens is 2. The van der Waals surface area contributed by atoms with Gasteiger partial charge in [-0.2, -0.15) is 5.10 Å². The first kappa shape index (κ1) is 13.8. The van der Waals surface area contributed by atoms with Gasteiger partial charge in [0.1, 0.15) is 4.83 Å². The predicted octanol–water partition coefficient (Wildman–Crippen LogP) is 2.80. The molecule has 0 aliphatic rings. The molecule has 21 heavy (non-hydrogen) atoms. The molecule has 0 unspecified atom stereocenters. The van der Waals surface area contributed by atoms with Crippen LogP contribution >= 0.6 is 11.3 Å². The smallest absolute Gasteiger partial charge is 0.269 e. The van der Waals surface area contributed by atoms with Crippen molar-refractivity contribution in [1.29, 1.82) is 0 Å². The van der Waals surface area contributed by atoms with Gasteiger partial charge in [0, 0.05) is 12.4 Å². The van der Waals surface area contributed by atoms with E-state index in [2.05, 4.69) is 10.6 Å². The van der Waals surface area contributed by atoms with E-state index < -0.39 is 0 Å². The summed E-state index contributed by atoms with van der Waals surface area (Å²) in [7, 11) is 1.87. The maximum atomic E-state index is 12.1. The number of carbonyl (C=O) groups is 1. The van der Waals surface area contributed by atoms with Crippen molar-refractivity contribution in [2.45, 2.75) is 13.5 Å². The molecule has 108 valence electrons. The molecule has 3 aromatic rings. The fraction of sp³-hybridized carbons (Fsp3) is 0.200. The first-order chi connectivity index (χ1) is 10.1. The second-order valence-electron chi connectivity index (χ2n) is 4.74. The molecule has 0 fully saturated rings. The Morgan fingerprint density at radius 1 is 1.38 bits per heavy atom. The predicted molar refractivity (Wildman–Crippen MR) is 82.0 cm³/mol. The molecule has 0 bridgehead atoms. The molecule has 6 heteroatoms. The highest BCUT2D eigenvalue weighted by atomic mass is 32.1. The zero-order valence-electron chi connectivity index (χ0n) is 11.8. The van der Waals surface area contributed by atoms with Crippen LogP contribution < -0.4 is 5.48 Å². The Bertz CT molecular complexity index is 742. The summed E-state index contributed by atoms with van der Waals surface area (Å²) < 4.78 is 1.79. The fourth-order valence-electron chi connectivity index (χ4n) is 2.13. The van der Waals surface area contributed by atoms with Crippen LogP contribution in [0.5, 0.6) is 0 Å². The summed E-state index contributed by atoms with van der Waals surface area (Å²) in [5.41, 5.74) is 4.41. The number of benzene rings is 1. The number of aryl methyl sites for hydroxylation is 2. The van der Waals surface area contributed by atoms with Gasteiger partial charge in [0.2, 0.25) is 0 Å². The Balaban J connectivity index is 1.65. The van der Waals surface area contributed by atoms with Crippen molar-refractivity contribution in [2.24, 2.45) is 7.05 Å². The van der Waals surface area contributed by atoms with Gasteiger partial charge in [-0.05, 0) is 18.6 Å². The van der Waals surface area contributed by atoms with E-state index in [1.165, 1.54) is 11.3 Å². The van der Waals surface area contributed by atoms with Crippen molar-refractivity contribution in [2.75, 3.05) is 0 Å². The topological polar surface area (TPSA) is 56.2 Å². The first-order valence-corrected chi connectivity index (χ1v) is 7.36. The van der Waals surface area contributed by atoms with E-state index >= 15 is 0 Å². The average molecular weight is 301 g/mol. The van der Waals surface area contributed by atoms with Gasteiger partial charge in [-0.1, -0.05) is 30.3 Å². The van der Waals surface area contributed by atoms with E-state index in [0.29, 0.717) is 11.5 Å². The van der Waals surface area contributed by atoms with Crippen LogP contribution in [0.2, 0.25) is 0 Å². The van der Waals surface area contributed by atoms with Crippen LogP contribution in [0, 0.1) is 6.92 Å². The summed E-state index contributed by atoms with van der Waals surface area (Å²) in [5.74, 6) is -0.230. The average Bonchev–Trinajstić information content (AvgIpc) is 3.03. The summed E-state index contributed by atoms with van der Waals surface area (Å²) in [6.07, 6.45) is 0. The largest absolute Gasteiger partial charge is 0.285 e. The van der Waals surface area contributed by atoms with Crippen molar-refractivity contribution < 1.29 is 9.63 Å². The lowest BCUT2D eigenvalue weighted by atomic mass is 10.2. The molecule has 1 N–H and O–H groups in total. The van der Waals surface area contributed by atoms with Gasteiger partial charge in [-0.25, -0.2) is 5.48 Å². The summed E-state index contributed by atoms with van der Waals surface area (Å²) in [4.78, 5) is 18.9. The standard InChI is InChI=1S/C15H15N3O2S/c1-10-12-8-13(21-15(12)18(2)16-10)14(19)17-20-9-11-6-4-3-5-7-11/h3-8H,9H2,1-2H3,(H,17,19). The van der Waals surface area contributed by atoms with Gasteiger partial charge in [-0.15, -0.1) is 11.3 Å². The lowest BCUT2D eigenvalue weighted by Crippen LogP contribution is -2.22. The number of fused-ring (bicyclic) bond motifs is 1. The maximum Gasteiger partial charge on any atom is 0.285 e. The number of rotatable bonds is 4. The molecule has 2 heterocycles. The van der Waals surface area contributed by atoms with Gasteiger partial charge < -0.3 is 0 Å². The number of hydrogen-bond acceptors (Lipinski definition) is 4. The van der Waals surface area contributed by atoms with Crippen molar-refractivity contribution in [1.82, 2.24) is 15.3 Å². The Kier molecular flexibility index (Phi) is 3.72. The zero-order valence-corrected chi connectivity index (χ0v) is 12.6. The molecule has 5 nitrogen and oxygen atoms in total. The summed E-state index contributed by atoms with van der Waals surface area (Å²) >= 11 is 1.41. The van der Waals surface area contributed by atoms with Gasteiger partial charge in [0.25, 0.3) is 5.91 Å². The summed E-state index contributed by atoms with van der Waals surface area (Å²) in [6.45, 7) is 2.28. The molecule has 0 aliphatic heterocycles. The number of carbonyl (C=O) groups excluding carboxylic acids is 1. The van der Waals surface area contributed by atoms with E-state index in [9.17, 15) is 4.79 Å². The Labute approximate surface area is 126 Å². The van der Waals surface area contributed by atoms with Crippen LogP contribution in [0.4, 0.5) is 0 Å².